The van der Waals surface area contributed by atoms with Crippen LogP contribution in [0.1, 0.15) is 19.8 Å². The van der Waals surface area contributed by atoms with Crippen LogP contribution in [-0.4, -0.2) is 29.5 Å². The third-order valence-corrected chi connectivity index (χ3v) is 8.37. The first-order chi connectivity index (χ1) is 13.2. The van der Waals surface area contributed by atoms with Crippen LogP contribution in [0.4, 0.5) is 11.5 Å². The van der Waals surface area contributed by atoms with Crippen LogP contribution in [0.5, 0.6) is 0 Å². The summed E-state index contributed by atoms with van der Waals surface area (Å²) in [5.41, 5.74) is 3.70. The lowest BCUT2D eigenvalue weighted by molar-refractivity contribution is 0.681. The molecule has 5 rings (SSSR count). The second-order valence-electron chi connectivity index (χ2n) is 6.42. The van der Waals surface area contributed by atoms with Crippen molar-refractivity contribution < 1.29 is 4.21 Å². The zero-order valence-electron chi connectivity index (χ0n) is 14.9. The molecule has 1 aliphatic heterocycles. The average Bonchev–Trinajstić information content (AvgIpc) is 3.40. The molecule has 138 valence electrons. The Labute approximate surface area is 166 Å². The fourth-order valence-electron chi connectivity index (χ4n) is 3.26. The van der Waals surface area contributed by atoms with E-state index in [0.29, 0.717) is 5.75 Å². The first kappa shape index (κ1) is 17.0. The summed E-state index contributed by atoms with van der Waals surface area (Å²) in [6.07, 6.45) is 5.57. The molecule has 1 N–H and O–H groups in total. The maximum atomic E-state index is 13.0. The third-order valence-electron chi connectivity index (χ3n) is 4.61. The van der Waals surface area contributed by atoms with E-state index in [-0.39, 0.29) is 0 Å². The summed E-state index contributed by atoms with van der Waals surface area (Å²) in [5, 5.41) is 7.33. The molecule has 0 fully saturated rings. The number of anilines is 2. The Kier molecular flexibility index (Phi) is 4.10. The van der Waals surface area contributed by atoms with Crippen molar-refractivity contribution in [2.75, 3.05) is 11.1 Å². The Hall–Kier alpha value is -2.10. The van der Waals surface area contributed by atoms with E-state index in [1.807, 2.05) is 17.0 Å². The van der Waals surface area contributed by atoms with E-state index in [1.54, 1.807) is 23.9 Å². The molecule has 0 aliphatic carbocycles. The van der Waals surface area contributed by atoms with Gasteiger partial charge in [-0.15, -0.1) is 22.7 Å². The number of thiophene rings is 1. The molecule has 4 aromatic rings. The summed E-state index contributed by atoms with van der Waals surface area (Å²) >= 11 is 3.09. The van der Waals surface area contributed by atoms with E-state index in [1.165, 1.54) is 11.3 Å². The Morgan fingerprint density at radius 3 is 3.00 bits per heavy atom. The van der Waals surface area contributed by atoms with Crippen molar-refractivity contribution >= 4 is 55.2 Å². The number of imidazole rings is 1. The molecule has 0 spiro atoms. The van der Waals surface area contributed by atoms with Gasteiger partial charge in [0.2, 0.25) is 0 Å². The molecule has 0 saturated heterocycles. The largest absolute Gasteiger partial charge is 0.338 e. The van der Waals surface area contributed by atoms with Gasteiger partial charge in [-0.25, -0.2) is 15.0 Å². The van der Waals surface area contributed by atoms with Crippen LogP contribution in [-0.2, 0) is 17.8 Å². The van der Waals surface area contributed by atoms with Crippen LogP contribution in [0.15, 0.2) is 28.2 Å². The normalized spacial score (nSPS) is 13.6. The van der Waals surface area contributed by atoms with Gasteiger partial charge >= 0.3 is 0 Å². The van der Waals surface area contributed by atoms with Crippen molar-refractivity contribution in [2.24, 2.45) is 7.05 Å². The van der Waals surface area contributed by atoms with Crippen LogP contribution < -0.4 is 5.32 Å². The summed E-state index contributed by atoms with van der Waals surface area (Å²) in [6, 6.07) is 2.06. The second kappa shape index (κ2) is 6.50. The van der Waals surface area contributed by atoms with Crippen molar-refractivity contribution in [3.63, 3.8) is 0 Å². The summed E-state index contributed by atoms with van der Waals surface area (Å²) < 4.78 is 15.8. The zero-order chi connectivity index (χ0) is 18.5. The summed E-state index contributed by atoms with van der Waals surface area (Å²) in [4.78, 5) is 14.7. The van der Waals surface area contributed by atoms with Crippen LogP contribution in [0, 0.1) is 0 Å². The predicted octanol–water partition coefficient (Wildman–Crippen LogP) is 4.79. The molecule has 0 bridgehead atoms. The number of aromatic nitrogens is 4. The number of thiazole rings is 1. The maximum absolute atomic E-state index is 13.0. The molecule has 0 aromatic carbocycles. The van der Waals surface area contributed by atoms with Crippen molar-refractivity contribution in [1.29, 1.82) is 0 Å². The highest BCUT2D eigenvalue weighted by Crippen LogP contribution is 2.49. The lowest BCUT2D eigenvalue weighted by Crippen LogP contribution is -2.06. The molecule has 1 unspecified atom stereocenters. The van der Waals surface area contributed by atoms with Gasteiger partial charge in [0.15, 0.2) is 0 Å². The van der Waals surface area contributed by atoms with Crippen molar-refractivity contribution in [3.8, 4) is 22.0 Å². The van der Waals surface area contributed by atoms with Gasteiger partial charge in [-0.3, -0.25) is 4.21 Å². The molecule has 0 amide bonds. The van der Waals surface area contributed by atoms with E-state index < -0.39 is 10.8 Å². The number of nitrogens with one attached hydrogen (secondary N) is 1. The smallest absolute Gasteiger partial charge is 0.141 e. The Morgan fingerprint density at radius 2 is 2.22 bits per heavy atom. The lowest BCUT2D eigenvalue weighted by atomic mass is 10.0. The minimum Gasteiger partial charge on any atom is -0.338 e. The lowest BCUT2D eigenvalue weighted by Gasteiger charge is -2.17. The molecule has 1 atom stereocenters. The van der Waals surface area contributed by atoms with Gasteiger partial charge < -0.3 is 9.88 Å². The molecule has 5 heterocycles. The number of rotatable bonds is 5. The SMILES string of the molecule is CCCCS(=O)c1sc2nc(-c3nccs3)cc3c2c1Nc1c-3ncn1C. The van der Waals surface area contributed by atoms with Gasteiger partial charge in [-0.1, -0.05) is 13.3 Å². The van der Waals surface area contributed by atoms with E-state index in [4.69, 9.17) is 4.98 Å². The fourth-order valence-corrected chi connectivity index (χ4v) is 6.72. The number of hydrogen-bond acceptors (Lipinski definition) is 7. The minimum absolute atomic E-state index is 0.672. The van der Waals surface area contributed by atoms with Gasteiger partial charge in [-0.2, -0.15) is 0 Å². The molecule has 0 radical (unpaired) electrons. The number of nitrogens with zero attached hydrogens (tertiary/aromatic N) is 4. The number of aryl methyl sites for hydroxylation is 1. The molecule has 4 aromatic heterocycles. The molecular weight excluding hydrogens is 398 g/mol. The van der Waals surface area contributed by atoms with Gasteiger partial charge in [0.25, 0.3) is 0 Å². The number of pyridine rings is 1. The molecular formula is C18H17N5OS3. The Morgan fingerprint density at radius 1 is 1.33 bits per heavy atom. The van der Waals surface area contributed by atoms with Crippen LogP contribution in [0.3, 0.4) is 0 Å². The highest BCUT2D eigenvalue weighted by molar-refractivity contribution is 7.87. The average molecular weight is 416 g/mol. The molecule has 6 nitrogen and oxygen atoms in total. The summed E-state index contributed by atoms with van der Waals surface area (Å²) in [7, 11) is 0.919. The van der Waals surface area contributed by atoms with Crippen molar-refractivity contribution in [2.45, 2.75) is 24.0 Å². The quantitative estimate of drug-likeness (QED) is 0.447. The monoisotopic (exact) mass is 415 g/mol. The van der Waals surface area contributed by atoms with Gasteiger partial charge in [0.05, 0.1) is 22.8 Å². The van der Waals surface area contributed by atoms with Crippen LogP contribution in [0.2, 0.25) is 0 Å². The predicted molar refractivity (Wildman–Crippen MR) is 112 cm³/mol. The van der Waals surface area contributed by atoms with Crippen LogP contribution in [0.25, 0.3) is 32.2 Å². The number of unbranched alkanes of at least 4 members (excludes halogenated alkanes) is 1. The van der Waals surface area contributed by atoms with E-state index in [9.17, 15) is 4.21 Å². The van der Waals surface area contributed by atoms with E-state index in [0.717, 1.165) is 60.7 Å². The molecule has 1 aliphatic rings. The highest BCUT2D eigenvalue weighted by atomic mass is 32.2. The number of hydrogen-bond donors (Lipinski definition) is 1. The van der Waals surface area contributed by atoms with E-state index >= 15 is 0 Å². The second-order valence-corrected chi connectivity index (χ2v) is 10.1. The first-order valence-corrected chi connectivity index (χ1v) is 11.7. The first-order valence-electron chi connectivity index (χ1n) is 8.72. The summed E-state index contributed by atoms with van der Waals surface area (Å²) in [6.45, 7) is 2.12. The van der Waals surface area contributed by atoms with Gasteiger partial charge in [0, 0.05) is 35.3 Å². The van der Waals surface area contributed by atoms with Crippen molar-refractivity contribution in [3.05, 3.63) is 24.0 Å². The van der Waals surface area contributed by atoms with Gasteiger partial charge in [0.1, 0.15) is 31.3 Å². The fraction of sp³-hybridized carbons (Fsp3) is 0.278. The Bertz CT molecular complexity index is 1180. The number of fused-ring (bicyclic) bond motifs is 2. The highest BCUT2D eigenvalue weighted by Gasteiger charge is 2.29. The van der Waals surface area contributed by atoms with Gasteiger partial charge in [-0.05, 0) is 12.5 Å². The topological polar surface area (TPSA) is 72.7 Å². The molecule has 0 saturated carbocycles. The standard InChI is InChI=1S/C18H17N5OS3/c1-3-4-7-27(24)18-14-12-10(13-15(22-14)23(2)9-20-13)8-11(21-17(12)26-18)16-19-5-6-25-16/h5-6,8-9,22H,3-4,7H2,1-2H3. The minimum atomic E-state index is -1.04. The maximum Gasteiger partial charge on any atom is 0.141 e. The molecule has 27 heavy (non-hydrogen) atoms. The zero-order valence-corrected chi connectivity index (χ0v) is 17.3. The Balaban J connectivity index is 1.78. The van der Waals surface area contributed by atoms with E-state index in [2.05, 4.69) is 28.3 Å². The third kappa shape index (κ3) is 2.64. The van der Waals surface area contributed by atoms with Crippen molar-refractivity contribution in [1.82, 2.24) is 19.5 Å². The summed E-state index contributed by atoms with van der Waals surface area (Å²) in [5.74, 6) is 1.59. The molecule has 9 heteroatoms. The van der Waals surface area contributed by atoms with Crippen LogP contribution >= 0.6 is 22.7 Å².